The summed E-state index contributed by atoms with van der Waals surface area (Å²) in [5.41, 5.74) is 8.49. The van der Waals surface area contributed by atoms with Crippen LogP contribution in [0.1, 0.15) is 43.9 Å². The summed E-state index contributed by atoms with van der Waals surface area (Å²) in [7, 11) is 4.29. The zero-order valence-corrected chi connectivity index (χ0v) is 14.0. The molecular formula is C17H30N4. The number of anilines is 1. The van der Waals surface area contributed by atoms with Crippen molar-refractivity contribution in [3.8, 4) is 0 Å². The van der Waals surface area contributed by atoms with E-state index in [1.165, 1.54) is 43.6 Å². The van der Waals surface area contributed by atoms with E-state index < -0.39 is 0 Å². The van der Waals surface area contributed by atoms with Gasteiger partial charge in [-0.1, -0.05) is 6.42 Å². The summed E-state index contributed by atoms with van der Waals surface area (Å²) in [6.45, 7) is 5.35. The van der Waals surface area contributed by atoms with Crippen LogP contribution in [0.3, 0.4) is 0 Å². The predicted molar refractivity (Wildman–Crippen MR) is 87.5 cm³/mol. The monoisotopic (exact) mass is 290 g/mol. The highest BCUT2D eigenvalue weighted by molar-refractivity contribution is 5.50. The molecule has 4 nitrogen and oxygen atoms in total. The summed E-state index contributed by atoms with van der Waals surface area (Å²) in [5, 5.41) is 4.63. The molecule has 0 aromatic carbocycles. The lowest BCUT2D eigenvalue weighted by molar-refractivity contribution is 0.336. The molecule has 118 valence electrons. The summed E-state index contributed by atoms with van der Waals surface area (Å²) >= 11 is 0. The van der Waals surface area contributed by atoms with Gasteiger partial charge in [-0.3, -0.25) is 4.68 Å². The molecule has 3 rings (SSSR count). The maximum Gasteiger partial charge on any atom is 0.129 e. The van der Waals surface area contributed by atoms with E-state index in [1.807, 2.05) is 4.68 Å². The van der Waals surface area contributed by atoms with E-state index in [0.29, 0.717) is 0 Å². The van der Waals surface area contributed by atoms with Gasteiger partial charge in [0.05, 0.1) is 5.69 Å². The Morgan fingerprint density at radius 2 is 2.14 bits per heavy atom. The van der Waals surface area contributed by atoms with Gasteiger partial charge in [-0.2, -0.15) is 5.10 Å². The van der Waals surface area contributed by atoms with Gasteiger partial charge in [0.15, 0.2) is 0 Å². The molecule has 0 spiro atoms. The number of nitrogens with zero attached hydrogens (tertiary/aromatic N) is 3. The van der Waals surface area contributed by atoms with Gasteiger partial charge in [-0.05, 0) is 57.3 Å². The Morgan fingerprint density at radius 1 is 1.38 bits per heavy atom. The van der Waals surface area contributed by atoms with Crippen LogP contribution in [0.5, 0.6) is 0 Å². The molecule has 2 N–H and O–H groups in total. The summed E-state index contributed by atoms with van der Waals surface area (Å²) in [5.74, 6) is 4.15. The van der Waals surface area contributed by atoms with E-state index in [4.69, 9.17) is 5.73 Å². The SMILES string of the molecule is Cc1nn(C)c(N(C)CC2CC3CCC2C3)c1CC(C)N. The molecule has 4 atom stereocenters. The van der Waals surface area contributed by atoms with Crippen LogP contribution in [0.15, 0.2) is 0 Å². The van der Waals surface area contributed by atoms with Crippen molar-refractivity contribution >= 4 is 5.82 Å². The highest BCUT2D eigenvalue weighted by Crippen LogP contribution is 2.48. The number of rotatable bonds is 5. The highest BCUT2D eigenvalue weighted by atomic mass is 15.4. The van der Waals surface area contributed by atoms with Crippen molar-refractivity contribution in [1.82, 2.24) is 9.78 Å². The maximum absolute atomic E-state index is 6.03. The molecule has 0 radical (unpaired) electrons. The highest BCUT2D eigenvalue weighted by Gasteiger charge is 2.40. The second-order valence-electron chi connectivity index (χ2n) is 7.51. The van der Waals surface area contributed by atoms with Crippen LogP contribution < -0.4 is 10.6 Å². The lowest BCUT2D eigenvalue weighted by atomic mass is 9.88. The maximum atomic E-state index is 6.03. The molecule has 21 heavy (non-hydrogen) atoms. The van der Waals surface area contributed by atoms with E-state index in [1.54, 1.807) is 0 Å². The summed E-state index contributed by atoms with van der Waals surface area (Å²) in [6.07, 6.45) is 6.77. The molecule has 2 saturated carbocycles. The van der Waals surface area contributed by atoms with Crippen molar-refractivity contribution in [2.75, 3.05) is 18.5 Å². The number of aryl methyl sites for hydroxylation is 2. The molecule has 1 aromatic rings. The van der Waals surface area contributed by atoms with Gasteiger partial charge >= 0.3 is 0 Å². The van der Waals surface area contributed by atoms with Crippen molar-refractivity contribution in [2.45, 2.75) is 52.0 Å². The predicted octanol–water partition coefficient (Wildman–Crippen LogP) is 2.49. The van der Waals surface area contributed by atoms with Gasteiger partial charge in [0.2, 0.25) is 0 Å². The number of nitrogens with two attached hydrogens (primary N) is 1. The Morgan fingerprint density at radius 3 is 2.71 bits per heavy atom. The van der Waals surface area contributed by atoms with E-state index in [2.05, 4.69) is 37.9 Å². The minimum Gasteiger partial charge on any atom is -0.359 e. The molecule has 2 aliphatic rings. The fraction of sp³-hybridized carbons (Fsp3) is 0.824. The fourth-order valence-electron chi connectivity index (χ4n) is 4.77. The van der Waals surface area contributed by atoms with Crippen LogP contribution >= 0.6 is 0 Å². The van der Waals surface area contributed by atoms with Crippen LogP contribution in [0.25, 0.3) is 0 Å². The second-order valence-corrected chi connectivity index (χ2v) is 7.51. The Balaban J connectivity index is 1.76. The third-order valence-corrected chi connectivity index (χ3v) is 5.59. The third-order valence-electron chi connectivity index (χ3n) is 5.59. The fourth-order valence-corrected chi connectivity index (χ4v) is 4.77. The van der Waals surface area contributed by atoms with Crippen LogP contribution in [0.2, 0.25) is 0 Å². The van der Waals surface area contributed by atoms with Crippen LogP contribution in [-0.4, -0.2) is 29.4 Å². The lowest BCUT2D eigenvalue weighted by Crippen LogP contribution is -2.31. The number of hydrogen-bond acceptors (Lipinski definition) is 3. The lowest BCUT2D eigenvalue weighted by Gasteiger charge is -2.29. The topological polar surface area (TPSA) is 47.1 Å². The number of fused-ring (bicyclic) bond motifs is 2. The summed E-state index contributed by atoms with van der Waals surface area (Å²) in [4.78, 5) is 2.43. The standard InChI is InChI=1S/C17H30N4/c1-11(18)7-16-12(2)19-21(4)17(16)20(3)10-15-9-13-5-6-14(15)8-13/h11,13-15H,5-10,18H2,1-4H3. The molecule has 2 fully saturated rings. The molecule has 1 heterocycles. The van der Waals surface area contributed by atoms with E-state index in [0.717, 1.165) is 29.9 Å². The first-order chi connectivity index (χ1) is 9.95. The molecule has 1 aromatic heterocycles. The first kappa shape index (κ1) is 14.9. The number of aromatic nitrogens is 2. The van der Waals surface area contributed by atoms with Gasteiger partial charge in [0.1, 0.15) is 5.82 Å². The molecule has 2 aliphatic carbocycles. The molecule has 4 heteroatoms. The van der Waals surface area contributed by atoms with Crippen LogP contribution in [0, 0.1) is 24.7 Å². The van der Waals surface area contributed by atoms with Gasteiger partial charge in [0, 0.05) is 32.2 Å². The average Bonchev–Trinajstić information content (AvgIpc) is 3.05. The molecule has 0 amide bonds. The van der Waals surface area contributed by atoms with Crippen molar-refractivity contribution in [3.05, 3.63) is 11.3 Å². The minimum absolute atomic E-state index is 0.183. The summed E-state index contributed by atoms with van der Waals surface area (Å²) < 4.78 is 2.04. The number of hydrogen-bond donors (Lipinski definition) is 1. The normalized spacial score (nSPS) is 29.1. The quantitative estimate of drug-likeness (QED) is 0.906. The van der Waals surface area contributed by atoms with Crippen molar-refractivity contribution < 1.29 is 0 Å². The van der Waals surface area contributed by atoms with Crippen LogP contribution in [0.4, 0.5) is 5.82 Å². The van der Waals surface area contributed by atoms with Gasteiger partial charge < -0.3 is 10.6 Å². The Labute approximate surface area is 128 Å². The molecule has 0 saturated heterocycles. The zero-order chi connectivity index (χ0) is 15.1. The largest absolute Gasteiger partial charge is 0.359 e. The van der Waals surface area contributed by atoms with Crippen molar-refractivity contribution in [3.63, 3.8) is 0 Å². The second kappa shape index (κ2) is 5.64. The van der Waals surface area contributed by atoms with Crippen molar-refractivity contribution in [2.24, 2.45) is 30.5 Å². The van der Waals surface area contributed by atoms with Gasteiger partial charge in [-0.15, -0.1) is 0 Å². The summed E-state index contributed by atoms with van der Waals surface area (Å²) in [6, 6.07) is 0.183. The smallest absolute Gasteiger partial charge is 0.129 e. The van der Waals surface area contributed by atoms with E-state index in [-0.39, 0.29) is 6.04 Å². The third kappa shape index (κ3) is 2.83. The first-order valence-electron chi connectivity index (χ1n) is 8.45. The Kier molecular flexibility index (Phi) is 4.00. The molecule has 4 unspecified atom stereocenters. The van der Waals surface area contributed by atoms with E-state index >= 15 is 0 Å². The Hall–Kier alpha value is -1.03. The molecular weight excluding hydrogens is 260 g/mol. The van der Waals surface area contributed by atoms with Gasteiger partial charge in [-0.25, -0.2) is 0 Å². The van der Waals surface area contributed by atoms with E-state index in [9.17, 15) is 0 Å². The first-order valence-corrected chi connectivity index (χ1v) is 8.45. The zero-order valence-electron chi connectivity index (χ0n) is 14.0. The average molecular weight is 290 g/mol. The molecule has 0 aliphatic heterocycles. The molecule has 2 bridgehead atoms. The Bertz CT molecular complexity index is 505. The van der Waals surface area contributed by atoms with Crippen molar-refractivity contribution in [1.29, 1.82) is 0 Å². The minimum atomic E-state index is 0.183. The van der Waals surface area contributed by atoms with Crippen LogP contribution in [-0.2, 0) is 13.5 Å². The van der Waals surface area contributed by atoms with Gasteiger partial charge in [0.25, 0.3) is 0 Å².